The van der Waals surface area contributed by atoms with Gasteiger partial charge in [-0.2, -0.15) is 0 Å². The summed E-state index contributed by atoms with van der Waals surface area (Å²) in [6.07, 6.45) is 0. The van der Waals surface area contributed by atoms with Gasteiger partial charge in [0.25, 0.3) is 5.91 Å². The normalized spacial score (nSPS) is 11.4. The third-order valence-corrected chi connectivity index (χ3v) is 4.20. The van der Waals surface area contributed by atoms with Crippen LogP contribution in [-0.2, 0) is 4.79 Å². The minimum absolute atomic E-state index is 0.0551. The number of benzene rings is 2. The first kappa shape index (κ1) is 20.9. The van der Waals surface area contributed by atoms with Gasteiger partial charge in [0.05, 0.1) is 6.04 Å². The third-order valence-electron chi connectivity index (χ3n) is 3.63. The highest BCUT2D eigenvalue weighted by molar-refractivity contribution is 6.35. The second kappa shape index (κ2) is 10.0. The zero-order valence-corrected chi connectivity index (χ0v) is 16.5. The van der Waals surface area contributed by atoms with E-state index >= 15 is 0 Å². The Labute approximate surface area is 168 Å². The molecule has 2 aromatic carbocycles. The van der Waals surface area contributed by atoms with Gasteiger partial charge in [-0.1, -0.05) is 29.3 Å². The topological polar surface area (TPSA) is 79.5 Å². The molecule has 3 N–H and O–H groups in total. The number of nitrogens with one attached hydrogen (secondary N) is 3. The van der Waals surface area contributed by atoms with Gasteiger partial charge in [-0.05, 0) is 55.8 Å². The van der Waals surface area contributed by atoms with Crippen LogP contribution in [0.1, 0.15) is 25.5 Å². The Balaban J connectivity index is 1.87. The van der Waals surface area contributed by atoms with Crippen LogP contribution in [0.25, 0.3) is 0 Å². The van der Waals surface area contributed by atoms with Crippen LogP contribution < -0.4 is 20.7 Å². The summed E-state index contributed by atoms with van der Waals surface area (Å²) in [5, 5.41) is 9.22. The van der Waals surface area contributed by atoms with Crippen LogP contribution in [0.5, 0.6) is 5.75 Å². The molecule has 0 heterocycles. The first-order valence-corrected chi connectivity index (χ1v) is 9.16. The zero-order chi connectivity index (χ0) is 19.8. The number of likely N-dealkylation sites (N-methyl/N-ethyl adjacent to an activating group) is 1. The predicted octanol–water partition coefficient (Wildman–Crippen LogP) is 4.39. The van der Waals surface area contributed by atoms with Crippen molar-refractivity contribution in [3.63, 3.8) is 0 Å². The SMILES string of the molecule is CCNC(=O)COc1ccc(NC(=O)N[C@@H](C)c2ccc(Cl)cc2Cl)cc1. The summed E-state index contributed by atoms with van der Waals surface area (Å²) in [7, 11) is 0. The average molecular weight is 410 g/mol. The van der Waals surface area contributed by atoms with Crippen molar-refractivity contribution in [1.29, 1.82) is 0 Å². The van der Waals surface area contributed by atoms with Crippen molar-refractivity contribution >= 4 is 40.8 Å². The maximum Gasteiger partial charge on any atom is 0.319 e. The third kappa shape index (κ3) is 6.66. The molecule has 2 rings (SSSR count). The van der Waals surface area contributed by atoms with Crippen molar-refractivity contribution in [3.8, 4) is 5.75 Å². The van der Waals surface area contributed by atoms with Gasteiger partial charge in [0.15, 0.2) is 6.61 Å². The highest BCUT2D eigenvalue weighted by Gasteiger charge is 2.13. The lowest BCUT2D eigenvalue weighted by atomic mass is 10.1. The number of anilines is 1. The van der Waals surface area contributed by atoms with Crippen LogP contribution in [0, 0.1) is 0 Å². The smallest absolute Gasteiger partial charge is 0.319 e. The number of rotatable bonds is 7. The number of carbonyl (C=O) groups is 2. The second-order valence-corrected chi connectivity index (χ2v) is 6.60. The van der Waals surface area contributed by atoms with Crippen molar-refractivity contribution in [1.82, 2.24) is 10.6 Å². The van der Waals surface area contributed by atoms with E-state index in [9.17, 15) is 9.59 Å². The number of amides is 3. The Kier molecular flexibility index (Phi) is 7.76. The van der Waals surface area contributed by atoms with Gasteiger partial charge in [-0.3, -0.25) is 4.79 Å². The number of urea groups is 1. The molecule has 0 bridgehead atoms. The number of hydrogen-bond acceptors (Lipinski definition) is 3. The molecule has 0 aliphatic rings. The molecule has 1 atom stereocenters. The fourth-order valence-electron chi connectivity index (χ4n) is 2.33. The average Bonchev–Trinajstić information content (AvgIpc) is 2.61. The van der Waals surface area contributed by atoms with Gasteiger partial charge in [-0.15, -0.1) is 0 Å². The summed E-state index contributed by atoms with van der Waals surface area (Å²) in [5.41, 5.74) is 1.36. The van der Waals surface area contributed by atoms with Crippen molar-refractivity contribution in [2.75, 3.05) is 18.5 Å². The highest BCUT2D eigenvalue weighted by atomic mass is 35.5. The Bertz CT molecular complexity index is 797. The van der Waals surface area contributed by atoms with E-state index in [0.29, 0.717) is 28.0 Å². The van der Waals surface area contributed by atoms with Gasteiger partial charge < -0.3 is 20.7 Å². The van der Waals surface area contributed by atoms with Crippen LogP contribution in [0.4, 0.5) is 10.5 Å². The van der Waals surface area contributed by atoms with Crippen molar-refractivity contribution in [2.45, 2.75) is 19.9 Å². The van der Waals surface area contributed by atoms with E-state index in [0.717, 1.165) is 5.56 Å². The molecular formula is C19H21Cl2N3O3. The van der Waals surface area contributed by atoms with E-state index in [1.807, 2.05) is 13.8 Å². The maximum absolute atomic E-state index is 12.2. The number of hydrogen-bond donors (Lipinski definition) is 3. The molecule has 0 saturated heterocycles. The van der Waals surface area contributed by atoms with E-state index in [1.165, 1.54) is 0 Å². The van der Waals surface area contributed by atoms with Crippen LogP contribution in [0.2, 0.25) is 10.0 Å². The van der Waals surface area contributed by atoms with E-state index in [1.54, 1.807) is 42.5 Å². The molecule has 0 unspecified atom stereocenters. The van der Waals surface area contributed by atoms with Gasteiger partial charge in [0.2, 0.25) is 0 Å². The lowest BCUT2D eigenvalue weighted by Crippen LogP contribution is -2.31. The first-order valence-electron chi connectivity index (χ1n) is 8.41. The number of ether oxygens (including phenoxy) is 1. The highest BCUT2D eigenvalue weighted by Crippen LogP contribution is 2.26. The summed E-state index contributed by atoms with van der Waals surface area (Å²) in [6, 6.07) is 11.2. The fourth-order valence-corrected chi connectivity index (χ4v) is 2.90. The minimum atomic E-state index is -0.371. The number of carbonyl (C=O) groups excluding carboxylic acids is 2. The molecule has 144 valence electrons. The Morgan fingerprint density at radius 1 is 1.11 bits per heavy atom. The van der Waals surface area contributed by atoms with Gasteiger partial charge in [-0.25, -0.2) is 4.79 Å². The zero-order valence-electron chi connectivity index (χ0n) is 15.0. The van der Waals surface area contributed by atoms with E-state index < -0.39 is 0 Å². The lowest BCUT2D eigenvalue weighted by molar-refractivity contribution is -0.122. The molecule has 8 heteroatoms. The van der Waals surface area contributed by atoms with E-state index in [2.05, 4.69) is 16.0 Å². The summed E-state index contributed by atoms with van der Waals surface area (Å²) in [5.74, 6) is 0.349. The molecule has 0 radical (unpaired) electrons. The molecule has 0 spiro atoms. The maximum atomic E-state index is 12.2. The van der Waals surface area contributed by atoms with Crippen molar-refractivity contribution < 1.29 is 14.3 Å². The Hall–Kier alpha value is -2.44. The molecular weight excluding hydrogens is 389 g/mol. The molecule has 0 aliphatic heterocycles. The molecule has 0 aliphatic carbocycles. The van der Waals surface area contributed by atoms with Gasteiger partial charge in [0.1, 0.15) is 5.75 Å². The molecule has 3 amide bonds. The van der Waals surface area contributed by atoms with Crippen molar-refractivity contribution in [3.05, 3.63) is 58.1 Å². The fraction of sp³-hybridized carbons (Fsp3) is 0.263. The minimum Gasteiger partial charge on any atom is -0.484 e. The quantitative estimate of drug-likeness (QED) is 0.634. The molecule has 2 aromatic rings. The summed E-state index contributed by atoms with van der Waals surface area (Å²) >= 11 is 12.0. The largest absolute Gasteiger partial charge is 0.484 e. The molecule has 0 fully saturated rings. The lowest BCUT2D eigenvalue weighted by Gasteiger charge is -2.16. The molecule has 0 aromatic heterocycles. The van der Waals surface area contributed by atoms with Crippen LogP contribution >= 0.6 is 23.2 Å². The first-order chi connectivity index (χ1) is 12.9. The Morgan fingerprint density at radius 3 is 2.44 bits per heavy atom. The molecule has 6 nitrogen and oxygen atoms in total. The molecule has 0 saturated carbocycles. The monoisotopic (exact) mass is 409 g/mol. The Morgan fingerprint density at radius 2 is 1.81 bits per heavy atom. The van der Waals surface area contributed by atoms with E-state index in [-0.39, 0.29) is 24.6 Å². The summed E-state index contributed by atoms with van der Waals surface area (Å²) in [6.45, 7) is 4.17. The van der Waals surface area contributed by atoms with Gasteiger partial charge >= 0.3 is 6.03 Å². The molecule has 27 heavy (non-hydrogen) atoms. The van der Waals surface area contributed by atoms with Crippen LogP contribution in [0.15, 0.2) is 42.5 Å². The summed E-state index contributed by atoms with van der Waals surface area (Å²) in [4.78, 5) is 23.5. The standard InChI is InChI=1S/C19H21Cl2N3O3/c1-3-22-18(25)11-27-15-7-5-14(6-8-15)24-19(26)23-12(2)16-9-4-13(20)10-17(16)21/h4-10,12H,3,11H2,1-2H3,(H,22,25)(H2,23,24,26)/t12-/m0/s1. The van der Waals surface area contributed by atoms with E-state index in [4.69, 9.17) is 27.9 Å². The van der Waals surface area contributed by atoms with Crippen molar-refractivity contribution in [2.24, 2.45) is 0 Å². The predicted molar refractivity (Wildman–Crippen MR) is 108 cm³/mol. The van der Waals surface area contributed by atoms with Gasteiger partial charge in [0, 0.05) is 22.3 Å². The van der Waals surface area contributed by atoms with Crippen LogP contribution in [0.3, 0.4) is 0 Å². The van der Waals surface area contributed by atoms with Crippen LogP contribution in [-0.4, -0.2) is 25.1 Å². The number of halogens is 2. The summed E-state index contributed by atoms with van der Waals surface area (Å²) < 4.78 is 5.36. The second-order valence-electron chi connectivity index (χ2n) is 5.75.